The van der Waals surface area contributed by atoms with E-state index in [1.165, 1.54) is 6.07 Å². The summed E-state index contributed by atoms with van der Waals surface area (Å²) >= 11 is 5.68. The zero-order valence-corrected chi connectivity index (χ0v) is 9.91. The second kappa shape index (κ2) is 5.64. The highest BCUT2D eigenvalue weighted by Gasteiger charge is 2.00. The summed E-state index contributed by atoms with van der Waals surface area (Å²) in [5.41, 5.74) is 1.98. The normalized spacial score (nSPS) is 10.2. The molecule has 0 radical (unpaired) electrons. The summed E-state index contributed by atoms with van der Waals surface area (Å²) < 4.78 is 12.9. The van der Waals surface area contributed by atoms with E-state index in [1.807, 2.05) is 18.3 Å². The highest BCUT2D eigenvalue weighted by molar-refractivity contribution is 6.31. The van der Waals surface area contributed by atoms with Crippen LogP contribution in [0.25, 0.3) is 0 Å². The Morgan fingerprint density at radius 1 is 1.29 bits per heavy atom. The second-order valence-corrected chi connectivity index (χ2v) is 4.07. The van der Waals surface area contributed by atoms with E-state index in [0.717, 1.165) is 24.2 Å². The molecule has 0 amide bonds. The third kappa shape index (κ3) is 3.43. The predicted octanol–water partition coefficient (Wildman–Crippen LogP) is 3.53. The lowest BCUT2D eigenvalue weighted by atomic mass is 10.2. The number of nitrogens with one attached hydrogen (secondary N) is 1. The Morgan fingerprint density at radius 2 is 2.18 bits per heavy atom. The highest BCUT2D eigenvalue weighted by atomic mass is 35.5. The lowest BCUT2D eigenvalue weighted by Crippen LogP contribution is -2.05. The first-order valence-corrected chi connectivity index (χ1v) is 5.71. The number of pyridine rings is 1. The molecule has 88 valence electrons. The van der Waals surface area contributed by atoms with Crippen molar-refractivity contribution in [2.24, 2.45) is 0 Å². The summed E-state index contributed by atoms with van der Waals surface area (Å²) in [5, 5.41) is 3.32. The average Bonchev–Trinajstić information content (AvgIpc) is 2.35. The fourth-order valence-corrected chi connectivity index (χ4v) is 1.68. The predicted molar refractivity (Wildman–Crippen MR) is 67.8 cm³/mol. The van der Waals surface area contributed by atoms with Crippen LogP contribution >= 0.6 is 11.6 Å². The molecule has 0 fully saturated rings. The van der Waals surface area contributed by atoms with Crippen LogP contribution in [-0.4, -0.2) is 11.5 Å². The van der Waals surface area contributed by atoms with Gasteiger partial charge in [-0.2, -0.15) is 0 Å². The maximum Gasteiger partial charge on any atom is 0.141 e. The number of anilines is 1. The number of nitrogens with zero attached hydrogens (tertiary/aromatic N) is 1. The van der Waals surface area contributed by atoms with Gasteiger partial charge in [0.05, 0.1) is 5.02 Å². The van der Waals surface area contributed by atoms with Crippen molar-refractivity contribution in [3.8, 4) is 0 Å². The molecule has 0 saturated carbocycles. The number of rotatable bonds is 4. The van der Waals surface area contributed by atoms with Crippen LogP contribution in [-0.2, 0) is 6.42 Å². The molecule has 4 heteroatoms. The van der Waals surface area contributed by atoms with Crippen LogP contribution in [0, 0.1) is 5.82 Å². The number of halogens is 2. The third-order valence-corrected chi connectivity index (χ3v) is 2.67. The van der Waals surface area contributed by atoms with E-state index in [0.29, 0.717) is 0 Å². The quantitative estimate of drug-likeness (QED) is 0.898. The maximum absolute atomic E-state index is 12.9. The maximum atomic E-state index is 12.9. The van der Waals surface area contributed by atoms with Gasteiger partial charge in [-0.15, -0.1) is 0 Å². The van der Waals surface area contributed by atoms with Crippen molar-refractivity contribution in [3.63, 3.8) is 0 Å². The molecule has 0 atom stereocenters. The van der Waals surface area contributed by atoms with Crippen LogP contribution in [0.1, 0.15) is 5.56 Å². The fraction of sp³-hybridized carbons (Fsp3) is 0.154. The molecule has 1 heterocycles. The Kier molecular flexibility index (Phi) is 3.94. The lowest BCUT2D eigenvalue weighted by molar-refractivity contribution is 0.628. The summed E-state index contributed by atoms with van der Waals surface area (Å²) in [5.74, 6) is -0.399. The zero-order valence-electron chi connectivity index (χ0n) is 9.16. The SMILES string of the molecule is Fc1ccc(NCCc2cccnc2)cc1Cl. The van der Waals surface area contributed by atoms with Crippen molar-refractivity contribution in [1.29, 1.82) is 0 Å². The van der Waals surface area contributed by atoms with Crippen LogP contribution in [0.4, 0.5) is 10.1 Å². The molecule has 0 bridgehead atoms. The van der Waals surface area contributed by atoms with E-state index < -0.39 is 5.82 Å². The van der Waals surface area contributed by atoms with Gasteiger partial charge in [-0.1, -0.05) is 17.7 Å². The van der Waals surface area contributed by atoms with E-state index in [-0.39, 0.29) is 5.02 Å². The van der Waals surface area contributed by atoms with Crippen molar-refractivity contribution in [1.82, 2.24) is 4.98 Å². The highest BCUT2D eigenvalue weighted by Crippen LogP contribution is 2.19. The fourth-order valence-electron chi connectivity index (χ4n) is 1.50. The first-order valence-electron chi connectivity index (χ1n) is 5.33. The van der Waals surface area contributed by atoms with Crippen molar-refractivity contribution in [2.75, 3.05) is 11.9 Å². The Bertz CT molecular complexity index is 488. The molecule has 1 aromatic heterocycles. The molecule has 0 unspecified atom stereocenters. The smallest absolute Gasteiger partial charge is 0.141 e. The van der Waals surface area contributed by atoms with Gasteiger partial charge in [0.15, 0.2) is 0 Å². The van der Waals surface area contributed by atoms with E-state index >= 15 is 0 Å². The van der Waals surface area contributed by atoms with Crippen LogP contribution in [0.2, 0.25) is 5.02 Å². The molecule has 0 spiro atoms. The van der Waals surface area contributed by atoms with Gasteiger partial charge in [0, 0.05) is 24.6 Å². The molecule has 2 rings (SSSR count). The molecule has 1 aromatic carbocycles. The van der Waals surface area contributed by atoms with Gasteiger partial charge >= 0.3 is 0 Å². The van der Waals surface area contributed by atoms with E-state index in [2.05, 4.69) is 10.3 Å². The Hall–Kier alpha value is -1.61. The van der Waals surface area contributed by atoms with Gasteiger partial charge in [0.25, 0.3) is 0 Å². The van der Waals surface area contributed by atoms with Crippen molar-refractivity contribution >= 4 is 17.3 Å². The second-order valence-electron chi connectivity index (χ2n) is 3.67. The molecule has 2 nitrogen and oxygen atoms in total. The van der Waals surface area contributed by atoms with Gasteiger partial charge in [-0.3, -0.25) is 4.98 Å². The van der Waals surface area contributed by atoms with Crippen LogP contribution < -0.4 is 5.32 Å². The molecule has 0 aliphatic rings. The van der Waals surface area contributed by atoms with Gasteiger partial charge in [-0.25, -0.2) is 4.39 Å². The van der Waals surface area contributed by atoms with Crippen LogP contribution in [0.15, 0.2) is 42.7 Å². The average molecular weight is 251 g/mol. The van der Waals surface area contributed by atoms with E-state index in [9.17, 15) is 4.39 Å². The summed E-state index contributed by atoms with van der Waals surface area (Å²) in [6, 6.07) is 8.54. The van der Waals surface area contributed by atoms with Crippen LogP contribution in [0.5, 0.6) is 0 Å². The minimum atomic E-state index is -0.399. The molecule has 0 saturated heterocycles. The van der Waals surface area contributed by atoms with Crippen molar-refractivity contribution in [3.05, 3.63) is 59.1 Å². The number of hydrogen-bond acceptors (Lipinski definition) is 2. The van der Waals surface area contributed by atoms with Gasteiger partial charge in [0.2, 0.25) is 0 Å². The Morgan fingerprint density at radius 3 is 2.88 bits per heavy atom. The topological polar surface area (TPSA) is 24.9 Å². The van der Waals surface area contributed by atoms with Gasteiger partial charge in [0.1, 0.15) is 5.82 Å². The molecule has 0 aliphatic heterocycles. The summed E-state index contributed by atoms with van der Waals surface area (Å²) in [7, 11) is 0. The molecular formula is C13H12ClFN2. The largest absolute Gasteiger partial charge is 0.385 e. The third-order valence-electron chi connectivity index (χ3n) is 2.39. The molecule has 2 aromatic rings. The van der Waals surface area contributed by atoms with E-state index in [1.54, 1.807) is 18.3 Å². The summed E-state index contributed by atoms with van der Waals surface area (Å²) in [6.07, 6.45) is 4.44. The minimum absolute atomic E-state index is 0.136. The zero-order chi connectivity index (χ0) is 12.1. The van der Waals surface area contributed by atoms with Gasteiger partial charge in [-0.05, 0) is 36.2 Å². The van der Waals surface area contributed by atoms with Gasteiger partial charge < -0.3 is 5.32 Å². The first-order chi connectivity index (χ1) is 8.25. The first kappa shape index (κ1) is 11.9. The molecule has 17 heavy (non-hydrogen) atoms. The Balaban J connectivity index is 1.88. The number of hydrogen-bond donors (Lipinski definition) is 1. The monoisotopic (exact) mass is 250 g/mol. The van der Waals surface area contributed by atoms with Crippen molar-refractivity contribution < 1.29 is 4.39 Å². The molecule has 0 aliphatic carbocycles. The van der Waals surface area contributed by atoms with E-state index in [4.69, 9.17) is 11.6 Å². The Labute approximate surface area is 104 Å². The number of aromatic nitrogens is 1. The lowest BCUT2D eigenvalue weighted by Gasteiger charge is -2.06. The number of benzene rings is 1. The molecule has 1 N–H and O–H groups in total. The minimum Gasteiger partial charge on any atom is -0.385 e. The summed E-state index contributed by atoms with van der Waals surface area (Å²) in [4.78, 5) is 4.04. The van der Waals surface area contributed by atoms with Crippen LogP contribution in [0.3, 0.4) is 0 Å². The molecular weight excluding hydrogens is 239 g/mol. The summed E-state index contributed by atoms with van der Waals surface area (Å²) in [6.45, 7) is 0.758. The van der Waals surface area contributed by atoms with Crippen molar-refractivity contribution in [2.45, 2.75) is 6.42 Å². The standard InChI is InChI=1S/C13H12ClFN2/c14-12-8-11(3-4-13(12)15)17-7-5-10-2-1-6-16-9-10/h1-4,6,8-9,17H,5,7H2.